The van der Waals surface area contributed by atoms with Crippen molar-refractivity contribution in [2.24, 2.45) is 0 Å². The number of hydrogen-bond acceptors (Lipinski definition) is 2. The lowest BCUT2D eigenvalue weighted by Gasteiger charge is -2.08. The molecular formula is C17H14BrCl2NO2. The minimum Gasteiger partial charge on any atom is -0.495 e. The van der Waals surface area contributed by atoms with Crippen molar-refractivity contribution in [2.45, 2.75) is 6.92 Å². The van der Waals surface area contributed by atoms with E-state index in [1.807, 2.05) is 25.1 Å². The second-order valence-corrected chi connectivity index (χ2v) is 6.49. The quantitative estimate of drug-likeness (QED) is 0.649. The number of aryl methyl sites for hydroxylation is 1. The summed E-state index contributed by atoms with van der Waals surface area (Å²) < 4.78 is 6.22. The van der Waals surface area contributed by atoms with Crippen LogP contribution in [0.4, 0.5) is 5.69 Å². The number of halogens is 3. The van der Waals surface area contributed by atoms with Gasteiger partial charge in [-0.25, -0.2) is 0 Å². The molecule has 0 radical (unpaired) electrons. The van der Waals surface area contributed by atoms with Crippen LogP contribution in [0.1, 0.15) is 11.1 Å². The van der Waals surface area contributed by atoms with Crippen LogP contribution < -0.4 is 10.1 Å². The van der Waals surface area contributed by atoms with Crippen LogP contribution in [0.15, 0.2) is 40.9 Å². The number of anilines is 1. The van der Waals surface area contributed by atoms with Gasteiger partial charge >= 0.3 is 0 Å². The van der Waals surface area contributed by atoms with Crippen molar-refractivity contribution < 1.29 is 9.53 Å². The Bertz CT molecular complexity index is 775. The van der Waals surface area contributed by atoms with E-state index < -0.39 is 0 Å². The van der Waals surface area contributed by atoms with Crippen molar-refractivity contribution in [1.82, 2.24) is 0 Å². The van der Waals surface area contributed by atoms with E-state index in [2.05, 4.69) is 21.2 Å². The fraction of sp³-hybridized carbons (Fsp3) is 0.118. The number of carbonyl (C=O) groups is 1. The molecule has 0 atom stereocenters. The molecule has 0 heterocycles. The third kappa shape index (κ3) is 4.74. The van der Waals surface area contributed by atoms with Gasteiger partial charge in [-0.1, -0.05) is 39.1 Å². The Hall–Kier alpha value is -1.49. The van der Waals surface area contributed by atoms with Crippen molar-refractivity contribution in [3.8, 4) is 5.75 Å². The van der Waals surface area contributed by atoms with Gasteiger partial charge in [-0.2, -0.15) is 0 Å². The molecule has 0 aliphatic carbocycles. The highest BCUT2D eigenvalue weighted by Gasteiger charge is 2.08. The molecule has 0 aliphatic heterocycles. The molecule has 2 aromatic rings. The predicted molar refractivity (Wildman–Crippen MR) is 99.6 cm³/mol. The van der Waals surface area contributed by atoms with Crippen LogP contribution in [0, 0.1) is 6.92 Å². The molecule has 0 saturated carbocycles. The van der Waals surface area contributed by atoms with Crippen LogP contribution in [0.5, 0.6) is 5.75 Å². The van der Waals surface area contributed by atoms with Gasteiger partial charge in [0.1, 0.15) is 5.75 Å². The van der Waals surface area contributed by atoms with Crippen LogP contribution in [0.25, 0.3) is 6.08 Å². The van der Waals surface area contributed by atoms with Gasteiger partial charge in [-0.3, -0.25) is 4.79 Å². The average molecular weight is 415 g/mol. The minimum absolute atomic E-state index is 0.259. The molecular weight excluding hydrogens is 401 g/mol. The highest BCUT2D eigenvalue weighted by molar-refractivity contribution is 9.10. The first kappa shape index (κ1) is 17.9. The first-order valence-corrected chi connectivity index (χ1v) is 8.24. The molecule has 0 unspecified atom stereocenters. The van der Waals surface area contributed by atoms with E-state index in [1.165, 1.54) is 13.2 Å². The lowest BCUT2D eigenvalue weighted by Crippen LogP contribution is -2.07. The fourth-order valence-electron chi connectivity index (χ4n) is 1.99. The highest BCUT2D eigenvalue weighted by Crippen LogP contribution is 2.33. The average Bonchev–Trinajstić information content (AvgIpc) is 2.48. The Balaban J connectivity index is 2.16. The minimum atomic E-state index is -0.259. The first-order chi connectivity index (χ1) is 10.9. The van der Waals surface area contributed by atoms with Gasteiger partial charge in [-0.05, 0) is 48.9 Å². The van der Waals surface area contributed by atoms with E-state index in [1.54, 1.807) is 18.2 Å². The van der Waals surface area contributed by atoms with Gasteiger partial charge < -0.3 is 10.1 Å². The zero-order valence-electron chi connectivity index (χ0n) is 12.5. The van der Waals surface area contributed by atoms with Crippen LogP contribution in [0.3, 0.4) is 0 Å². The molecule has 0 aliphatic rings. The van der Waals surface area contributed by atoms with Gasteiger partial charge in [0.25, 0.3) is 0 Å². The molecule has 1 N–H and O–H groups in total. The maximum atomic E-state index is 12.0. The normalized spacial score (nSPS) is 10.8. The summed E-state index contributed by atoms with van der Waals surface area (Å²) in [5.41, 5.74) is 2.39. The number of carbonyl (C=O) groups excluding carboxylic acids is 1. The lowest BCUT2D eigenvalue weighted by atomic mass is 10.2. The molecule has 2 rings (SSSR count). The third-order valence-electron chi connectivity index (χ3n) is 3.08. The van der Waals surface area contributed by atoms with Gasteiger partial charge in [-0.15, -0.1) is 0 Å². The SMILES string of the molecule is COc1c(Cl)cc(Cl)cc1/C=C/C(=O)Nc1ccc(Br)c(C)c1. The summed E-state index contributed by atoms with van der Waals surface area (Å²) in [7, 11) is 1.51. The molecule has 2 aromatic carbocycles. The summed E-state index contributed by atoms with van der Waals surface area (Å²) in [6.45, 7) is 1.95. The van der Waals surface area contributed by atoms with Gasteiger partial charge in [0, 0.05) is 26.8 Å². The van der Waals surface area contributed by atoms with Crippen LogP contribution >= 0.6 is 39.1 Å². The number of nitrogens with one attached hydrogen (secondary N) is 1. The molecule has 3 nitrogen and oxygen atoms in total. The molecule has 0 spiro atoms. The Morgan fingerprint density at radius 3 is 2.65 bits per heavy atom. The maximum absolute atomic E-state index is 12.0. The third-order valence-corrected chi connectivity index (χ3v) is 4.47. The number of amides is 1. The van der Waals surface area contributed by atoms with Crippen molar-refractivity contribution in [3.63, 3.8) is 0 Å². The highest BCUT2D eigenvalue weighted by atomic mass is 79.9. The largest absolute Gasteiger partial charge is 0.495 e. The summed E-state index contributed by atoms with van der Waals surface area (Å²) in [6, 6.07) is 8.85. The Morgan fingerprint density at radius 2 is 2.00 bits per heavy atom. The second kappa shape index (κ2) is 7.86. The predicted octanol–water partition coefficient (Wildman–Crippen LogP) is 5.72. The van der Waals surface area contributed by atoms with Crippen LogP contribution in [0.2, 0.25) is 10.0 Å². The van der Waals surface area contributed by atoms with E-state index in [-0.39, 0.29) is 5.91 Å². The summed E-state index contributed by atoms with van der Waals surface area (Å²) >= 11 is 15.5. The van der Waals surface area contributed by atoms with Crippen LogP contribution in [-0.4, -0.2) is 13.0 Å². The van der Waals surface area contributed by atoms with E-state index in [0.717, 1.165) is 15.7 Å². The Morgan fingerprint density at radius 1 is 1.26 bits per heavy atom. The fourth-order valence-corrected chi connectivity index (χ4v) is 2.82. The smallest absolute Gasteiger partial charge is 0.248 e. The summed E-state index contributed by atoms with van der Waals surface area (Å²) in [5, 5.41) is 3.66. The van der Waals surface area contributed by atoms with Gasteiger partial charge in [0.15, 0.2) is 0 Å². The Labute approximate surface area is 153 Å². The molecule has 23 heavy (non-hydrogen) atoms. The molecule has 0 aromatic heterocycles. The van der Waals surface area contributed by atoms with E-state index in [4.69, 9.17) is 27.9 Å². The van der Waals surface area contributed by atoms with E-state index >= 15 is 0 Å². The molecule has 120 valence electrons. The Kier molecular flexibility index (Phi) is 6.10. The van der Waals surface area contributed by atoms with Crippen molar-refractivity contribution in [2.75, 3.05) is 12.4 Å². The van der Waals surface area contributed by atoms with Crippen LogP contribution in [-0.2, 0) is 4.79 Å². The zero-order chi connectivity index (χ0) is 17.0. The monoisotopic (exact) mass is 413 g/mol. The molecule has 1 amide bonds. The van der Waals surface area contributed by atoms with Gasteiger partial charge in [0.2, 0.25) is 5.91 Å². The van der Waals surface area contributed by atoms with E-state index in [9.17, 15) is 4.79 Å². The molecule has 0 fully saturated rings. The molecule has 0 saturated heterocycles. The summed E-state index contributed by atoms with van der Waals surface area (Å²) in [6.07, 6.45) is 3.01. The maximum Gasteiger partial charge on any atom is 0.248 e. The molecule has 0 bridgehead atoms. The number of hydrogen-bond donors (Lipinski definition) is 1. The van der Waals surface area contributed by atoms with Crippen molar-refractivity contribution in [1.29, 1.82) is 0 Å². The number of methoxy groups -OCH3 is 1. The van der Waals surface area contributed by atoms with Crippen molar-refractivity contribution in [3.05, 3.63) is 62.1 Å². The number of ether oxygens (including phenoxy) is 1. The standard InChI is InChI=1S/C17H14BrCl2NO2/c1-10-7-13(4-5-14(10)18)21-16(22)6-3-11-8-12(19)9-15(20)17(11)23-2/h3-9H,1-2H3,(H,21,22)/b6-3+. The topological polar surface area (TPSA) is 38.3 Å². The summed E-state index contributed by atoms with van der Waals surface area (Å²) in [5.74, 6) is 0.212. The first-order valence-electron chi connectivity index (χ1n) is 6.69. The molecule has 6 heteroatoms. The number of rotatable bonds is 4. The van der Waals surface area contributed by atoms with Crippen molar-refractivity contribution >= 4 is 56.8 Å². The lowest BCUT2D eigenvalue weighted by molar-refractivity contribution is -0.111. The zero-order valence-corrected chi connectivity index (χ0v) is 15.6. The summed E-state index contributed by atoms with van der Waals surface area (Å²) in [4.78, 5) is 12.0. The van der Waals surface area contributed by atoms with E-state index in [0.29, 0.717) is 21.4 Å². The van der Waals surface area contributed by atoms with Gasteiger partial charge in [0.05, 0.1) is 12.1 Å². The number of benzene rings is 2. The second-order valence-electron chi connectivity index (χ2n) is 4.80.